The third kappa shape index (κ3) is 2.05. The standard InChI is InChI=1S/C13H11N5O2/c1-20-13-3-2-10(5-15-13)18-12(4-9(7-19)17-18)11-6-14-8-16-11/h2-8H,1H3,(H,14,16). The molecule has 0 aliphatic carbocycles. The van der Waals surface area contributed by atoms with Crippen molar-refractivity contribution in [2.24, 2.45) is 0 Å². The van der Waals surface area contributed by atoms with Crippen LogP contribution in [0.2, 0.25) is 0 Å². The van der Waals surface area contributed by atoms with Gasteiger partial charge in [0.1, 0.15) is 5.69 Å². The number of ether oxygens (including phenoxy) is 1. The van der Waals surface area contributed by atoms with Gasteiger partial charge in [-0.05, 0) is 12.1 Å². The zero-order chi connectivity index (χ0) is 13.9. The fraction of sp³-hybridized carbons (Fsp3) is 0.0769. The second kappa shape index (κ2) is 4.96. The van der Waals surface area contributed by atoms with Crippen molar-refractivity contribution in [1.29, 1.82) is 0 Å². The lowest BCUT2D eigenvalue weighted by Gasteiger charge is -2.06. The molecule has 0 spiro atoms. The van der Waals surface area contributed by atoms with Crippen LogP contribution in [0.1, 0.15) is 10.5 Å². The minimum Gasteiger partial charge on any atom is -0.481 e. The van der Waals surface area contributed by atoms with E-state index in [0.29, 0.717) is 17.9 Å². The molecule has 0 amide bonds. The lowest BCUT2D eigenvalue weighted by molar-refractivity contribution is 0.111. The number of nitrogens with zero attached hydrogens (tertiary/aromatic N) is 4. The summed E-state index contributed by atoms with van der Waals surface area (Å²) in [6, 6.07) is 5.23. The Morgan fingerprint density at radius 2 is 2.25 bits per heavy atom. The lowest BCUT2D eigenvalue weighted by atomic mass is 10.3. The van der Waals surface area contributed by atoms with Gasteiger partial charge in [0.05, 0.1) is 42.9 Å². The van der Waals surface area contributed by atoms with Gasteiger partial charge in [0.15, 0.2) is 6.29 Å². The number of carbonyl (C=O) groups is 1. The molecule has 0 bridgehead atoms. The van der Waals surface area contributed by atoms with Gasteiger partial charge in [0.25, 0.3) is 0 Å². The van der Waals surface area contributed by atoms with E-state index in [-0.39, 0.29) is 0 Å². The largest absolute Gasteiger partial charge is 0.481 e. The lowest BCUT2D eigenvalue weighted by Crippen LogP contribution is -2.01. The molecule has 1 N–H and O–H groups in total. The maximum absolute atomic E-state index is 10.9. The van der Waals surface area contributed by atoms with E-state index >= 15 is 0 Å². The number of aldehydes is 1. The molecule has 7 nitrogen and oxygen atoms in total. The molecule has 3 aromatic rings. The molecule has 0 fully saturated rings. The van der Waals surface area contributed by atoms with E-state index in [2.05, 4.69) is 20.1 Å². The Morgan fingerprint density at radius 1 is 1.35 bits per heavy atom. The van der Waals surface area contributed by atoms with Crippen LogP contribution >= 0.6 is 0 Å². The number of H-pyrrole nitrogens is 1. The molecular weight excluding hydrogens is 258 g/mol. The molecule has 3 rings (SSSR count). The van der Waals surface area contributed by atoms with E-state index in [1.54, 1.807) is 42.6 Å². The molecule has 0 aromatic carbocycles. The number of hydrogen-bond acceptors (Lipinski definition) is 5. The third-order valence-electron chi connectivity index (χ3n) is 2.80. The summed E-state index contributed by atoms with van der Waals surface area (Å²) >= 11 is 0. The smallest absolute Gasteiger partial charge is 0.213 e. The van der Waals surface area contributed by atoms with Crippen molar-refractivity contribution in [3.8, 4) is 23.0 Å². The highest BCUT2D eigenvalue weighted by Crippen LogP contribution is 2.21. The highest BCUT2D eigenvalue weighted by Gasteiger charge is 2.12. The molecular formula is C13H11N5O2. The molecule has 0 saturated carbocycles. The number of pyridine rings is 1. The maximum Gasteiger partial charge on any atom is 0.213 e. The number of rotatable bonds is 4. The summed E-state index contributed by atoms with van der Waals surface area (Å²) in [6.07, 6.45) is 5.56. The minimum atomic E-state index is 0.338. The normalized spacial score (nSPS) is 10.4. The number of aromatic nitrogens is 5. The number of methoxy groups -OCH3 is 1. The second-order valence-electron chi connectivity index (χ2n) is 4.01. The van der Waals surface area contributed by atoms with Gasteiger partial charge in [-0.1, -0.05) is 0 Å². The summed E-state index contributed by atoms with van der Waals surface area (Å²) in [5.74, 6) is 0.514. The van der Waals surface area contributed by atoms with E-state index in [1.165, 1.54) is 0 Å². The van der Waals surface area contributed by atoms with E-state index in [4.69, 9.17) is 4.74 Å². The summed E-state index contributed by atoms with van der Waals surface area (Å²) in [5.41, 5.74) is 2.56. The first-order valence-electron chi connectivity index (χ1n) is 5.86. The van der Waals surface area contributed by atoms with Crippen molar-refractivity contribution in [3.63, 3.8) is 0 Å². The van der Waals surface area contributed by atoms with Gasteiger partial charge in [-0.3, -0.25) is 4.79 Å². The number of aromatic amines is 1. The molecule has 20 heavy (non-hydrogen) atoms. The predicted molar refractivity (Wildman–Crippen MR) is 70.9 cm³/mol. The number of carbonyl (C=O) groups excluding carboxylic acids is 1. The summed E-state index contributed by atoms with van der Waals surface area (Å²) in [4.78, 5) is 22.0. The van der Waals surface area contributed by atoms with E-state index < -0.39 is 0 Å². The molecule has 3 heterocycles. The average Bonchev–Trinajstić information content (AvgIpc) is 3.16. The van der Waals surface area contributed by atoms with Gasteiger partial charge in [-0.15, -0.1) is 0 Å². The monoisotopic (exact) mass is 269 g/mol. The van der Waals surface area contributed by atoms with E-state index in [1.807, 2.05) is 6.07 Å². The Bertz CT molecular complexity index is 716. The van der Waals surface area contributed by atoms with Gasteiger partial charge in [-0.25, -0.2) is 14.6 Å². The average molecular weight is 269 g/mol. The van der Waals surface area contributed by atoms with Crippen LogP contribution in [-0.4, -0.2) is 38.1 Å². The van der Waals surface area contributed by atoms with Crippen LogP contribution in [0.25, 0.3) is 17.1 Å². The molecule has 0 unspecified atom stereocenters. The SMILES string of the molecule is COc1ccc(-n2nc(C=O)cc2-c2cnc[nH]2)cn1. The summed E-state index contributed by atoms with van der Waals surface area (Å²) < 4.78 is 6.65. The topological polar surface area (TPSA) is 85.7 Å². The molecule has 7 heteroatoms. The highest BCUT2D eigenvalue weighted by atomic mass is 16.5. The predicted octanol–water partition coefficient (Wildman–Crippen LogP) is 1.48. The molecule has 3 aromatic heterocycles. The first-order chi connectivity index (χ1) is 9.81. The summed E-state index contributed by atoms with van der Waals surface area (Å²) in [5, 5.41) is 4.23. The Balaban J connectivity index is 2.11. The molecule has 0 aliphatic rings. The quantitative estimate of drug-likeness (QED) is 0.725. The second-order valence-corrected chi connectivity index (χ2v) is 4.01. The van der Waals surface area contributed by atoms with E-state index in [9.17, 15) is 4.79 Å². The van der Waals surface area contributed by atoms with Crippen LogP contribution in [0.15, 0.2) is 36.9 Å². The Hall–Kier alpha value is -2.96. The van der Waals surface area contributed by atoms with Crippen LogP contribution < -0.4 is 4.74 Å². The third-order valence-corrected chi connectivity index (χ3v) is 2.80. The van der Waals surface area contributed by atoms with E-state index in [0.717, 1.165) is 17.1 Å². The van der Waals surface area contributed by atoms with Crippen molar-refractivity contribution >= 4 is 6.29 Å². The molecule has 0 aliphatic heterocycles. The van der Waals surface area contributed by atoms with Crippen molar-refractivity contribution in [2.75, 3.05) is 7.11 Å². The Kier molecular flexibility index (Phi) is 3.00. The zero-order valence-corrected chi connectivity index (χ0v) is 10.6. The van der Waals surface area contributed by atoms with Gasteiger partial charge >= 0.3 is 0 Å². The fourth-order valence-electron chi connectivity index (χ4n) is 1.86. The number of imidazole rings is 1. The molecule has 0 saturated heterocycles. The summed E-state index contributed by atoms with van der Waals surface area (Å²) in [6.45, 7) is 0. The van der Waals surface area contributed by atoms with Crippen molar-refractivity contribution < 1.29 is 9.53 Å². The first kappa shape index (κ1) is 12.1. The minimum absolute atomic E-state index is 0.338. The Morgan fingerprint density at radius 3 is 2.85 bits per heavy atom. The van der Waals surface area contributed by atoms with Crippen LogP contribution in [0.4, 0.5) is 0 Å². The zero-order valence-electron chi connectivity index (χ0n) is 10.6. The molecule has 100 valence electrons. The van der Waals surface area contributed by atoms with Crippen molar-refractivity contribution in [2.45, 2.75) is 0 Å². The summed E-state index contributed by atoms with van der Waals surface area (Å²) in [7, 11) is 1.55. The Labute approximate surface area is 114 Å². The van der Waals surface area contributed by atoms with Crippen LogP contribution in [-0.2, 0) is 0 Å². The van der Waals surface area contributed by atoms with Crippen molar-refractivity contribution in [3.05, 3.63) is 42.6 Å². The first-order valence-corrected chi connectivity index (χ1v) is 5.86. The van der Waals surface area contributed by atoms with Crippen LogP contribution in [0.5, 0.6) is 5.88 Å². The van der Waals surface area contributed by atoms with Crippen LogP contribution in [0, 0.1) is 0 Å². The van der Waals surface area contributed by atoms with Gasteiger partial charge < -0.3 is 9.72 Å². The van der Waals surface area contributed by atoms with Gasteiger partial charge in [-0.2, -0.15) is 5.10 Å². The number of hydrogen-bond donors (Lipinski definition) is 1. The van der Waals surface area contributed by atoms with Gasteiger partial charge in [0.2, 0.25) is 5.88 Å². The highest BCUT2D eigenvalue weighted by molar-refractivity contribution is 5.75. The molecule has 0 atom stereocenters. The fourth-order valence-corrected chi connectivity index (χ4v) is 1.86. The van der Waals surface area contributed by atoms with Gasteiger partial charge in [0, 0.05) is 6.07 Å². The van der Waals surface area contributed by atoms with Crippen LogP contribution in [0.3, 0.4) is 0 Å². The number of nitrogens with one attached hydrogen (secondary N) is 1. The maximum atomic E-state index is 10.9. The van der Waals surface area contributed by atoms with Crippen molar-refractivity contribution in [1.82, 2.24) is 24.7 Å². The molecule has 0 radical (unpaired) electrons.